The number of benzene rings is 1. The normalized spacial score (nSPS) is 15.4. The molecule has 6 heteroatoms. The van der Waals surface area contributed by atoms with Crippen molar-refractivity contribution in [2.24, 2.45) is 0 Å². The number of hydrogen-bond donors (Lipinski definition) is 0. The molecule has 0 N–H and O–H groups in total. The third-order valence-electron chi connectivity index (χ3n) is 3.94. The lowest BCUT2D eigenvalue weighted by molar-refractivity contribution is 0.0767. The topological polar surface area (TPSA) is 55.3 Å². The molecule has 0 unspecified atom stereocenters. The summed E-state index contributed by atoms with van der Waals surface area (Å²) in [6.07, 6.45) is 4.57. The summed E-state index contributed by atoms with van der Waals surface area (Å²) < 4.78 is 9.16. The SMILES string of the molecule is COc1ccc(-c2nnsc2C(=O)N2CCCCCC2)cc1. The van der Waals surface area contributed by atoms with E-state index in [4.69, 9.17) is 4.74 Å². The van der Waals surface area contributed by atoms with Gasteiger partial charge < -0.3 is 9.64 Å². The summed E-state index contributed by atoms with van der Waals surface area (Å²) in [5.41, 5.74) is 1.56. The Labute approximate surface area is 134 Å². The summed E-state index contributed by atoms with van der Waals surface area (Å²) in [7, 11) is 1.63. The van der Waals surface area contributed by atoms with E-state index in [-0.39, 0.29) is 5.91 Å². The van der Waals surface area contributed by atoms with Gasteiger partial charge >= 0.3 is 0 Å². The molecule has 2 aromatic rings. The molecule has 1 saturated heterocycles. The number of carbonyl (C=O) groups is 1. The monoisotopic (exact) mass is 317 g/mol. The zero-order valence-electron chi connectivity index (χ0n) is 12.6. The Hall–Kier alpha value is -1.95. The fourth-order valence-electron chi connectivity index (χ4n) is 2.69. The van der Waals surface area contributed by atoms with Gasteiger partial charge in [0, 0.05) is 18.7 Å². The minimum absolute atomic E-state index is 0.0581. The van der Waals surface area contributed by atoms with E-state index in [9.17, 15) is 4.79 Å². The van der Waals surface area contributed by atoms with Gasteiger partial charge in [0.1, 0.15) is 16.3 Å². The van der Waals surface area contributed by atoms with Crippen molar-refractivity contribution in [3.63, 3.8) is 0 Å². The molecule has 0 atom stereocenters. The highest BCUT2D eigenvalue weighted by Gasteiger charge is 2.23. The number of carbonyl (C=O) groups excluding carboxylic acids is 1. The van der Waals surface area contributed by atoms with Gasteiger partial charge in [-0.3, -0.25) is 4.79 Å². The maximum atomic E-state index is 12.8. The molecule has 0 aliphatic carbocycles. The van der Waals surface area contributed by atoms with E-state index < -0.39 is 0 Å². The molecule has 3 rings (SSSR count). The highest BCUT2D eigenvalue weighted by Crippen LogP contribution is 2.27. The minimum Gasteiger partial charge on any atom is -0.497 e. The van der Waals surface area contributed by atoms with E-state index >= 15 is 0 Å². The fraction of sp³-hybridized carbons (Fsp3) is 0.438. The zero-order chi connectivity index (χ0) is 15.4. The average molecular weight is 317 g/mol. The zero-order valence-corrected chi connectivity index (χ0v) is 13.4. The van der Waals surface area contributed by atoms with Gasteiger partial charge in [0.25, 0.3) is 5.91 Å². The van der Waals surface area contributed by atoms with E-state index in [1.165, 1.54) is 24.4 Å². The molecular formula is C16H19N3O2S. The van der Waals surface area contributed by atoms with E-state index in [0.717, 1.165) is 37.2 Å². The van der Waals surface area contributed by atoms with Gasteiger partial charge in [-0.25, -0.2) is 0 Å². The predicted octanol–water partition coefficient (Wildman–Crippen LogP) is 3.23. The van der Waals surface area contributed by atoms with Gasteiger partial charge in [0.2, 0.25) is 0 Å². The second-order valence-corrected chi connectivity index (χ2v) is 6.14. The first kappa shape index (κ1) is 15.0. The summed E-state index contributed by atoms with van der Waals surface area (Å²) in [5.74, 6) is 0.843. The third kappa shape index (κ3) is 3.11. The molecule has 5 nitrogen and oxygen atoms in total. The molecule has 1 aliphatic heterocycles. The van der Waals surface area contributed by atoms with Crippen LogP contribution in [0.15, 0.2) is 24.3 Å². The number of nitrogens with zero attached hydrogens (tertiary/aromatic N) is 3. The minimum atomic E-state index is 0.0581. The van der Waals surface area contributed by atoms with Crippen LogP contribution in [0.4, 0.5) is 0 Å². The second-order valence-electron chi connectivity index (χ2n) is 5.39. The molecule has 1 fully saturated rings. The largest absolute Gasteiger partial charge is 0.497 e. The molecule has 2 heterocycles. The van der Waals surface area contributed by atoms with Crippen molar-refractivity contribution in [1.82, 2.24) is 14.5 Å². The number of hydrogen-bond acceptors (Lipinski definition) is 5. The van der Waals surface area contributed by atoms with Crippen molar-refractivity contribution in [3.8, 4) is 17.0 Å². The Balaban J connectivity index is 1.85. The maximum absolute atomic E-state index is 12.8. The van der Waals surface area contributed by atoms with E-state index in [2.05, 4.69) is 9.59 Å². The summed E-state index contributed by atoms with van der Waals surface area (Å²) in [6.45, 7) is 1.66. The number of methoxy groups -OCH3 is 1. The number of rotatable bonds is 3. The molecule has 1 amide bonds. The summed E-state index contributed by atoms with van der Waals surface area (Å²) in [4.78, 5) is 15.3. The first-order valence-electron chi connectivity index (χ1n) is 7.55. The Bertz CT molecular complexity index is 631. The Kier molecular flexibility index (Phi) is 4.68. The van der Waals surface area contributed by atoms with Crippen molar-refractivity contribution < 1.29 is 9.53 Å². The number of amides is 1. The third-order valence-corrected chi connectivity index (χ3v) is 4.65. The van der Waals surface area contributed by atoms with Gasteiger partial charge in [-0.2, -0.15) is 0 Å². The molecule has 22 heavy (non-hydrogen) atoms. The Morgan fingerprint density at radius 2 is 1.82 bits per heavy atom. The average Bonchev–Trinajstić information content (AvgIpc) is 2.89. The lowest BCUT2D eigenvalue weighted by atomic mass is 10.1. The van der Waals surface area contributed by atoms with Crippen LogP contribution in [0.3, 0.4) is 0 Å². The Morgan fingerprint density at radius 3 is 2.45 bits per heavy atom. The molecule has 0 bridgehead atoms. The first-order chi connectivity index (χ1) is 10.8. The van der Waals surface area contributed by atoms with Crippen LogP contribution in [0.2, 0.25) is 0 Å². The van der Waals surface area contributed by atoms with Crippen LogP contribution in [-0.2, 0) is 0 Å². The standard InChI is InChI=1S/C16H19N3O2S/c1-21-13-8-6-12(7-9-13)14-15(22-18-17-14)16(20)19-10-4-2-3-5-11-19/h6-9H,2-5,10-11H2,1H3. The van der Waals surface area contributed by atoms with Crippen LogP contribution >= 0.6 is 11.5 Å². The van der Waals surface area contributed by atoms with Crippen LogP contribution in [-0.4, -0.2) is 40.6 Å². The van der Waals surface area contributed by atoms with Crippen molar-refractivity contribution >= 4 is 17.4 Å². The van der Waals surface area contributed by atoms with Gasteiger partial charge in [-0.05, 0) is 48.6 Å². The molecule has 1 aromatic heterocycles. The lowest BCUT2D eigenvalue weighted by Gasteiger charge is -2.19. The summed E-state index contributed by atoms with van der Waals surface area (Å²) in [6, 6.07) is 7.56. The second kappa shape index (κ2) is 6.87. The highest BCUT2D eigenvalue weighted by atomic mass is 32.1. The molecule has 0 spiro atoms. The van der Waals surface area contributed by atoms with E-state index in [1.54, 1.807) is 7.11 Å². The maximum Gasteiger partial charge on any atom is 0.267 e. The van der Waals surface area contributed by atoms with Gasteiger partial charge in [-0.1, -0.05) is 17.3 Å². The van der Waals surface area contributed by atoms with E-state index in [1.807, 2.05) is 29.2 Å². The van der Waals surface area contributed by atoms with Gasteiger partial charge in [-0.15, -0.1) is 5.10 Å². The van der Waals surface area contributed by atoms with Crippen LogP contribution in [0, 0.1) is 0 Å². The first-order valence-corrected chi connectivity index (χ1v) is 8.33. The number of likely N-dealkylation sites (tertiary alicyclic amines) is 1. The molecule has 1 aromatic carbocycles. The van der Waals surface area contributed by atoms with Crippen LogP contribution in [0.1, 0.15) is 35.4 Å². The Morgan fingerprint density at radius 1 is 1.14 bits per heavy atom. The quantitative estimate of drug-likeness (QED) is 0.872. The molecule has 0 radical (unpaired) electrons. The summed E-state index contributed by atoms with van der Waals surface area (Å²) in [5, 5.41) is 4.16. The van der Waals surface area contributed by atoms with Crippen LogP contribution < -0.4 is 4.74 Å². The van der Waals surface area contributed by atoms with E-state index in [0.29, 0.717) is 10.6 Å². The molecule has 116 valence electrons. The fourth-order valence-corrected chi connectivity index (χ4v) is 3.34. The van der Waals surface area contributed by atoms with Gasteiger partial charge in [0.15, 0.2) is 0 Å². The van der Waals surface area contributed by atoms with Crippen molar-refractivity contribution in [2.75, 3.05) is 20.2 Å². The number of ether oxygens (including phenoxy) is 1. The molecule has 0 saturated carbocycles. The lowest BCUT2D eigenvalue weighted by Crippen LogP contribution is -2.31. The van der Waals surface area contributed by atoms with Crippen molar-refractivity contribution in [1.29, 1.82) is 0 Å². The predicted molar refractivity (Wildman–Crippen MR) is 86.3 cm³/mol. The summed E-state index contributed by atoms with van der Waals surface area (Å²) >= 11 is 1.18. The number of aromatic nitrogens is 2. The molecule has 1 aliphatic rings. The van der Waals surface area contributed by atoms with Gasteiger partial charge in [0.05, 0.1) is 7.11 Å². The van der Waals surface area contributed by atoms with Crippen LogP contribution in [0.25, 0.3) is 11.3 Å². The van der Waals surface area contributed by atoms with Crippen molar-refractivity contribution in [2.45, 2.75) is 25.7 Å². The van der Waals surface area contributed by atoms with Crippen LogP contribution in [0.5, 0.6) is 5.75 Å². The molecular weight excluding hydrogens is 298 g/mol. The highest BCUT2D eigenvalue weighted by molar-refractivity contribution is 7.08. The smallest absolute Gasteiger partial charge is 0.267 e. The van der Waals surface area contributed by atoms with Crippen molar-refractivity contribution in [3.05, 3.63) is 29.1 Å².